The lowest BCUT2D eigenvalue weighted by Crippen LogP contribution is -2.40. The highest BCUT2D eigenvalue weighted by Crippen LogP contribution is 2.36. The zero-order valence-corrected chi connectivity index (χ0v) is 13.6. The standard InChI is InChI=1S/C21H19NO2/c1-15-8-10-17(11-9-15)20-18-6-3-2-5-16(18)12-13-22(20)21(23)19-7-4-14-24-19/h2-11,14,20H,12-13H2,1H3. The lowest BCUT2D eigenvalue weighted by Gasteiger charge is -2.37. The summed E-state index contributed by atoms with van der Waals surface area (Å²) in [4.78, 5) is 14.9. The van der Waals surface area contributed by atoms with Crippen LogP contribution in [0.4, 0.5) is 0 Å². The van der Waals surface area contributed by atoms with Crippen molar-refractivity contribution in [2.45, 2.75) is 19.4 Å². The number of carbonyl (C=O) groups excluding carboxylic acids is 1. The van der Waals surface area contributed by atoms with Gasteiger partial charge in [-0.15, -0.1) is 0 Å². The fourth-order valence-corrected chi connectivity index (χ4v) is 3.44. The third kappa shape index (κ3) is 2.52. The summed E-state index contributed by atoms with van der Waals surface area (Å²) in [6.45, 7) is 2.76. The minimum absolute atomic E-state index is 0.0555. The van der Waals surface area contributed by atoms with E-state index in [4.69, 9.17) is 4.42 Å². The van der Waals surface area contributed by atoms with Crippen molar-refractivity contribution in [3.05, 3.63) is 94.9 Å². The highest BCUT2D eigenvalue weighted by atomic mass is 16.3. The van der Waals surface area contributed by atoms with Crippen LogP contribution in [0.1, 0.15) is 38.9 Å². The van der Waals surface area contributed by atoms with Gasteiger partial charge in [-0.2, -0.15) is 0 Å². The maximum Gasteiger partial charge on any atom is 0.290 e. The Morgan fingerprint density at radius 2 is 1.83 bits per heavy atom. The number of hydrogen-bond acceptors (Lipinski definition) is 2. The highest BCUT2D eigenvalue weighted by molar-refractivity contribution is 5.92. The molecule has 1 atom stereocenters. The van der Waals surface area contributed by atoms with Crippen LogP contribution in [0.3, 0.4) is 0 Å². The number of nitrogens with zero attached hydrogens (tertiary/aromatic N) is 1. The molecule has 1 amide bonds. The molecule has 120 valence electrons. The molecule has 24 heavy (non-hydrogen) atoms. The molecule has 0 N–H and O–H groups in total. The number of rotatable bonds is 2. The molecule has 1 aliphatic heterocycles. The predicted octanol–water partition coefficient (Wildman–Crippen LogP) is 4.38. The number of benzene rings is 2. The van der Waals surface area contributed by atoms with Crippen LogP contribution in [0.2, 0.25) is 0 Å². The third-order valence-corrected chi connectivity index (χ3v) is 4.67. The Balaban J connectivity index is 1.81. The molecule has 3 nitrogen and oxygen atoms in total. The van der Waals surface area contributed by atoms with E-state index in [-0.39, 0.29) is 11.9 Å². The van der Waals surface area contributed by atoms with E-state index >= 15 is 0 Å². The summed E-state index contributed by atoms with van der Waals surface area (Å²) in [5, 5.41) is 0. The van der Waals surface area contributed by atoms with Gasteiger partial charge in [-0.1, -0.05) is 54.1 Å². The Morgan fingerprint density at radius 1 is 1.04 bits per heavy atom. The van der Waals surface area contributed by atoms with Crippen molar-refractivity contribution in [2.24, 2.45) is 0 Å². The lowest BCUT2D eigenvalue weighted by atomic mass is 9.87. The van der Waals surface area contributed by atoms with E-state index in [1.165, 1.54) is 16.7 Å². The fourth-order valence-electron chi connectivity index (χ4n) is 3.44. The van der Waals surface area contributed by atoms with Crippen LogP contribution in [-0.4, -0.2) is 17.4 Å². The van der Waals surface area contributed by atoms with Gasteiger partial charge in [-0.25, -0.2) is 0 Å². The molecule has 2 heterocycles. The monoisotopic (exact) mass is 317 g/mol. The fraction of sp³-hybridized carbons (Fsp3) is 0.190. The average Bonchev–Trinajstić information content (AvgIpc) is 3.16. The number of amides is 1. The summed E-state index contributed by atoms with van der Waals surface area (Å²) in [5.41, 5.74) is 4.86. The Morgan fingerprint density at radius 3 is 2.58 bits per heavy atom. The normalized spacial score (nSPS) is 16.7. The molecule has 0 aliphatic carbocycles. The summed E-state index contributed by atoms with van der Waals surface area (Å²) in [6, 6.07) is 20.2. The van der Waals surface area contributed by atoms with Crippen molar-refractivity contribution in [2.75, 3.05) is 6.54 Å². The maximum absolute atomic E-state index is 13.0. The first-order valence-electron chi connectivity index (χ1n) is 8.23. The van der Waals surface area contributed by atoms with E-state index in [1.807, 2.05) is 11.0 Å². The van der Waals surface area contributed by atoms with Gasteiger partial charge in [-0.05, 0) is 42.2 Å². The minimum atomic E-state index is -0.0758. The molecule has 0 saturated carbocycles. The first-order chi connectivity index (χ1) is 11.7. The van der Waals surface area contributed by atoms with Gasteiger partial charge >= 0.3 is 0 Å². The zero-order chi connectivity index (χ0) is 16.5. The number of fused-ring (bicyclic) bond motifs is 1. The minimum Gasteiger partial charge on any atom is -0.459 e. The maximum atomic E-state index is 13.0. The van der Waals surface area contributed by atoms with E-state index in [2.05, 4.69) is 49.4 Å². The number of aryl methyl sites for hydroxylation is 1. The summed E-state index contributed by atoms with van der Waals surface area (Å²) >= 11 is 0. The van der Waals surface area contributed by atoms with Crippen molar-refractivity contribution in [1.82, 2.24) is 4.90 Å². The van der Waals surface area contributed by atoms with Crippen LogP contribution >= 0.6 is 0 Å². The number of hydrogen-bond donors (Lipinski definition) is 0. The van der Waals surface area contributed by atoms with Crippen LogP contribution in [0.5, 0.6) is 0 Å². The quantitative estimate of drug-likeness (QED) is 0.703. The molecule has 4 rings (SSSR count). The van der Waals surface area contributed by atoms with Gasteiger partial charge in [0.1, 0.15) is 0 Å². The second-order valence-electron chi connectivity index (χ2n) is 6.24. The van der Waals surface area contributed by atoms with Gasteiger partial charge in [0.05, 0.1) is 12.3 Å². The lowest BCUT2D eigenvalue weighted by molar-refractivity contribution is 0.0662. The second-order valence-corrected chi connectivity index (χ2v) is 6.24. The summed E-state index contributed by atoms with van der Waals surface area (Å²) in [6.07, 6.45) is 2.41. The second kappa shape index (κ2) is 6.00. The molecule has 0 fully saturated rings. The topological polar surface area (TPSA) is 33.5 Å². The van der Waals surface area contributed by atoms with Gasteiger partial charge in [0.15, 0.2) is 5.76 Å². The van der Waals surface area contributed by atoms with Crippen molar-refractivity contribution in [3.63, 3.8) is 0 Å². The molecule has 0 radical (unpaired) electrons. The highest BCUT2D eigenvalue weighted by Gasteiger charge is 2.33. The van der Waals surface area contributed by atoms with Gasteiger partial charge in [0, 0.05) is 6.54 Å². The Kier molecular flexibility index (Phi) is 3.69. The smallest absolute Gasteiger partial charge is 0.290 e. The molecule has 3 heteroatoms. The van der Waals surface area contributed by atoms with Crippen LogP contribution in [-0.2, 0) is 6.42 Å². The van der Waals surface area contributed by atoms with Crippen LogP contribution in [0, 0.1) is 6.92 Å². The molecule has 0 spiro atoms. The third-order valence-electron chi connectivity index (χ3n) is 4.67. The molecular weight excluding hydrogens is 298 g/mol. The molecule has 2 aromatic carbocycles. The predicted molar refractivity (Wildman–Crippen MR) is 92.9 cm³/mol. The van der Waals surface area contributed by atoms with Gasteiger partial charge in [0.25, 0.3) is 5.91 Å². The molecular formula is C21H19NO2. The SMILES string of the molecule is Cc1ccc(C2c3ccccc3CCN2C(=O)c2ccco2)cc1. The van der Waals surface area contributed by atoms with Gasteiger partial charge in [-0.3, -0.25) is 4.79 Å². The molecule has 0 saturated heterocycles. The van der Waals surface area contributed by atoms with Crippen LogP contribution in [0.15, 0.2) is 71.3 Å². The summed E-state index contributed by atoms with van der Waals surface area (Å²) in [5.74, 6) is 0.339. The van der Waals surface area contributed by atoms with E-state index in [9.17, 15) is 4.79 Å². The first kappa shape index (κ1) is 14.8. The summed E-state index contributed by atoms with van der Waals surface area (Å²) in [7, 11) is 0. The van der Waals surface area contributed by atoms with E-state index in [0.717, 1.165) is 12.0 Å². The van der Waals surface area contributed by atoms with E-state index < -0.39 is 0 Å². The van der Waals surface area contributed by atoms with Crippen molar-refractivity contribution in [3.8, 4) is 0 Å². The van der Waals surface area contributed by atoms with E-state index in [0.29, 0.717) is 12.3 Å². The molecule has 1 aromatic heterocycles. The Hall–Kier alpha value is -2.81. The van der Waals surface area contributed by atoms with Crippen molar-refractivity contribution in [1.29, 1.82) is 0 Å². The molecule has 3 aromatic rings. The molecule has 0 bridgehead atoms. The largest absolute Gasteiger partial charge is 0.459 e. The van der Waals surface area contributed by atoms with Gasteiger partial charge in [0.2, 0.25) is 0 Å². The Bertz CT molecular complexity index is 850. The number of furan rings is 1. The van der Waals surface area contributed by atoms with Crippen LogP contribution in [0.25, 0.3) is 0 Å². The van der Waals surface area contributed by atoms with Gasteiger partial charge < -0.3 is 9.32 Å². The first-order valence-corrected chi connectivity index (χ1v) is 8.23. The van der Waals surface area contributed by atoms with E-state index in [1.54, 1.807) is 18.4 Å². The average molecular weight is 317 g/mol. The van der Waals surface area contributed by atoms with Crippen LogP contribution < -0.4 is 0 Å². The Labute approximate surface area is 141 Å². The van der Waals surface area contributed by atoms with Crippen molar-refractivity contribution < 1.29 is 9.21 Å². The molecule has 1 aliphatic rings. The molecule has 1 unspecified atom stereocenters. The zero-order valence-electron chi connectivity index (χ0n) is 13.6. The van der Waals surface area contributed by atoms with Crippen molar-refractivity contribution >= 4 is 5.91 Å². The number of carbonyl (C=O) groups is 1. The summed E-state index contributed by atoms with van der Waals surface area (Å²) < 4.78 is 5.35.